The number of guanidine groups is 1. The summed E-state index contributed by atoms with van der Waals surface area (Å²) in [6.45, 7) is 12.0. The van der Waals surface area contributed by atoms with Crippen molar-refractivity contribution in [3.63, 3.8) is 0 Å². The van der Waals surface area contributed by atoms with Gasteiger partial charge in [-0.05, 0) is 83.1 Å². The van der Waals surface area contributed by atoms with Crippen molar-refractivity contribution in [1.82, 2.24) is 4.90 Å². The molecule has 1 aromatic rings. The zero-order chi connectivity index (χ0) is 20.0. The minimum absolute atomic E-state index is 0.216. The lowest BCUT2D eigenvalue weighted by atomic mass is 9.95. The second-order valence-corrected chi connectivity index (χ2v) is 8.41. The van der Waals surface area contributed by atoms with Crippen LogP contribution >= 0.6 is 0 Å². The predicted octanol–water partition coefficient (Wildman–Crippen LogP) is 4.07. The SMILES string of the molecule is Cc1ccc(NC(N)=NCCC2CCCN(C(=O)OC(C)(C)C)C2)cc1C. The number of nitrogens with zero attached hydrogens (tertiary/aromatic N) is 2. The minimum Gasteiger partial charge on any atom is -0.444 e. The Kier molecular flexibility index (Phi) is 7.11. The maximum Gasteiger partial charge on any atom is 0.410 e. The number of ether oxygens (including phenoxy) is 1. The van der Waals surface area contributed by atoms with Crippen molar-refractivity contribution >= 4 is 17.7 Å². The minimum atomic E-state index is -0.456. The number of anilines is 1. The highest BCUT2D eigenvalue weighted by molar-refractivity contribution is 5.92. The molecular weight excluding hydrogens is 340 g/mol. The quantitative estimate of drug-likeness (QED) is 0.615. The van der Waals surface area contributed by atoms with Gasteiger partial charge in [0.25, 0.3) is 0 Å². The zero-order valence-corrected chi connectivity index (χ0v) is 17.3. The van der Waals surface area contributed by atoms with Gasteiger partial charge >= 0.3 is 6.09 Å². The van der Waals surface area contributed by atoms with E-state index in [2.05, 4.69) is 36.3 Å². The molecule has 1 fully saturated rings. The average molecular weight is 375 g/mol. The summed E-state index contributed by atoms with van der Waals surface area (Å²) in [4.78, 5) is 18.5. The number of aliphatic imine (C=N–C) groups is 1. The van der Waals surface area contributed by atoms with Gasteiger partial charge in [0, 0.05) is 25.3 Å². The lowest BCUT2D eigenvalue weighted by molar-refractivity contribution is 0.0163. The van der Waals surface area contributed by atoms with Gasteiger partial charge in [0.1, 0.15) is 5.60 Å². The molecule has 0 aromatic heterocycles. The molecule has 3 N–H and O–H groups in total. The summed E-state index contributed by atoms with van der Waals surface area (Å²) in [5.41, 5.74) is 8.98. The van der Waals surface area contributed by atoms with Crippen molar-refractivity contribution in [1.29, 1.82) is 0 Å². The van der Waals surface area contributed by atoms with Crippen LogP contribution in [0.15, 0.2) is 23.2 Å². The molecule has 2 rings (SSSR count). The van der Waals surface area contributed by atoms with Crippen LogP contribution in [0.1, 0.15) is 51.2 Å². The molecule has 6 heteroatoms. The summed E-state index contributed by atoms with van der Waals surface area (Å²) >= 11 is 0. The number of nitrogens with one attached hydrogen (secondary N) is 1. The second-order valence-electron chi connectivity index (χ2n) is 8.41. The summed E-state index contributed by atoms with van der Waals surface area (Å²) in [7, 11) is 0. The molecule has 0 aliphatic carbocycles. The van der Waals surface area contributed by atoms with E-state index in [1.54, 1.807) is 0 Å². The molecule has 1 heterocycles. The Morgan fingerprint density at radius 1 is 1.33 bits per heavy atom. The van der Waals surface area contributed by atoms with Gasteiger partial charge in [0.15, 0.2) is 5.96 Å². The van der Waals surface area contributed by atoms with Gasteiger partial charge in [-0.1, -0.05) is 6.07 Å². The molecule has 1 aromatic carbocycles. The zero-order valence-electron chi connectivity index (χ0n) is 17.3. The monoisotopic (exact) mass is 374 g/mol. The highest BCUT2D eigenvalue weighted by Crippen LogP contribution is 2.22. The van der Waals surface area contributed by atoms with Crippen LogP contribution in [-0.4, -0.2) is 42.2 Å². The first-order chi connectivity index (χ1) is 12.6. The Morgan fingerprint density at radius 2 is 2.07 bits per heavy atom. The fourth-order valence-corrected chi connectivity index (χ4v) is 3.17. The van der Waals surface area contributed by atoms with E-state index < -0.39 is 5.60 Å². The number of carbonyl (C=O) groups is 1. The van der Waals surface area contributed by atoms with E-state index in [1.807, 2.05) is 31.7 Å². The number of carbonyl (C=O) groups excluding carboxylic acids is 1. The molecule has 1 unspecified atom stereocenters. The molecule has 150 valence electrons. The van der Waals surface area contributed by atoms with Crippen LogP contribution in [0.4, 0.5) is 10.5 Å². The Balaban J connectivity index is 1.80. The van der Waals surface area contributed by atoms with Crippen LogP contribution in [0.25, 0.3) is 0 Å². The van der Waals surface area contributed by atoms with Crippen molar-refractivity contribution in [3.8, 4) is 0 Å². The lowest BCUT2D eigenvalue weighted by Gasteiger charge is -2.34. The second kappa shape index (κ2) is 9.11. The Bertz CT molecular complexity index is 679. The Morgan fingerprint density at radius 3 is 2.74 bits per heavy atom. The van der Waals surface area contributed by atoms with E-state index in [1.165, 1.54) is 11.1 Å². The molecule has 0 spiro atoms. The number of nitrogens with two attached hydrogens (primary N) is 1. The molecule has 1 amide bonds. The van der Waals surface area contributed by atoms with Crippen LogP contribution in [0.2, 0.25) is 0 Å². The summed E-state index contributed by atoms with van der Waals surface area (Å²) in [5, 5.41) is 3.14. The fraction of sp³-hybridized carbons (Fsp3) is 0.619. The van der Waals surface area contributed by atoms with E-state index in [4.69, 9.17) is 10.5 Å². The number of rotatable bonds is 4. The topological polar surface area (TPSA) is 80.0 Å². The number of hydrogen-bond acceptors (Lipinski definition) is 3. The van der Waals surface area contributed by atoms with E-state index in [0.29, 0.717) is 18.4 Å². The van der Waals surface area contributed by atoms with Gasteiger partial charge in [-0.2, -0.15) is 0 Å². The number of hydrogen-bond donors (Lipinski definition) is 2. The molecule has 0 saturated carbocycles. The van der Waals surface area contributed by atoms with Crippen molar-refractivity contribution in [3.05, 3.63) is 29.3 Å². The first-order valence-electron chi connectivity index (χ1n) is 9.76. The molecular formula is C21H34N4O2. The van der Waals surface area contributed by atoms with E-state index in [0.717, 1.165) is 38.0 Å². The van der Waals surface area contributed by atoms with Crippen molar-refractivity contribution < 1.29 is 9.53 Å². The van der Waals surface area contributed by atoms with Crippen LogP contribution in [0, 0.1) is 19.8 Å². The summed E-state index contributed by atoms with van der Waals surface area (Å²) < 4.78 is 5.48. The van der Waals surface area contributed by atoms with Gasteiger partial charge in [-0.3, -0.25) is 4.99 Å². The largest absolute Gasteiger partial charge is 0.444 e. The number of amides is 1. The van der Waals surface area contributed by atoms with Gasteiger partial charge in [0.2, 0.25) is 0 Å². The Labute approximate surface area is 163 Å². The number of benzene rings is 1. The van der Waals surface area contributed by atoms with Crippen LogP contribution < -0.4 is 11.1 Å². The first-order valence-corrected chi connectivity index (χ1v) is 9.76. The van der Waals surface area contributed by atoms with E-state index >= 15 is 0 Å². The van der Waals surface area contributed by atoms with Crippen molar-refractivity contribution in [2.75, 3.05) is 25.0 Å². The number of aryl methyl sites for hydroxylation is 2. The molecule has 1 aliphatic rings. The van der Waals surface area contributed by atoms with E-state index in [9.17, 15) is 4.79 Å². The molecule has 1 aliphatic heterocycles. The summed E-state index contributed by atoms with van der Waals surface area (Å²) in [6.07, 6.45) is 2.81. The predicted molar refractivity (Wildman–Crippen MR) is 111 cm³/mol. The van der Waals surface area contributed by atoms with Crippen molar-refractivity contribution in [2.45, 2.75) is 59.5 Å². The third-order valence-corrected chi connectivity index (χ3v) is 4.77. The fourth-order valence-electron chi connectivity index (χ4n) is 3.17. The van der Waals surface area contributed by atoms with E-state index in [-0.39, 0.29) is 6.09 Å². The van der Waals surface area contributed by atoms with Crippen LogP contribution in [0.3, 0.4) is 0 Å². The van der Waals surface area contributed by atoms with Gasteiger partial charge in [-0.15, -0.1) is 0 Å². The number of piperidine rings is 1. The maximum atomic E-state index is 12.2. The third kappa shape index (κ3) is 7.12. The average Bonchev–Trinajstić information content (AvgIpc) is 2.57. The van der Waals surface area contributed by atoms with Gasteiger partial charge < -0.3 is 20.7 Å². The molecule has 6 nitrogen and oxygen atoms in total. The molecule has 0 radical (unpaired) electrons. The summed E-state index contributed by atoms with van der Waals surface area (Å²) in [5.74, 6) is 0.863. The lowest BCUT2D eigenvalue weighted by Crippen LogP contribution is -2.43. The third-order valence-electron chi connectivity index (χ3n) is 4.77. The normalized spacial score (nSPS) is 18.3. The smallest absolute Gasteiger partial charge is 0.410 e. The standard InChI is InChI=1S/C21H34N4O2/c1-15-8-9-18(13-16(15)2)24-19(22)23-11-10-17-7-6-12-25(14-17)20(26)27-21(3,4)5/h8-9,13,17H,6-7,10-12,14H2,1-5H3,(H3,22,23,24). The van der Waals surface area contributed by atoms with Crippen LogP contribution in [-0.2, 0) is 4.74 Å². The highest BCUT2D eigenvalue weighted by atomic mass is 16.6. The van der Waals surface area contributed by atoms with Crippen molar-refractivity contribution in [2.24, 2.45) is 16.6 Å². The summed E-state index contributed by atoms with van der Waals surface area (Å²) in [6, 6.07) is 6.14. The first kappa shape index (κ1) is 21.1. The van der Waals surface area contributed by atoms with Crippen LogP contribution in [0.5, 0.6) is 0 Å². The van der Waals surface area contributed by atoms with Gasteiger partial charge in [-0.25, -0.2) is 4.79 Å². The maximum absolute atomic E-state index is 12.2. The Hall–Kier alpha value is -2.24. The molecule has 1 saturated heterocycles. The highest BCUT2D eigenvalue weighted by Gasteiger charge is 2.27. The molecule has 27 heavy (non-hydrogen) atoms. The number of likely N-dealkylation sites (tertiary alicyclic amines) is 1. The molecule has 1 atom stereocenters. The molecule has 0 bridgehead atoms. The van der Waals surface area contributed by atoms with Gasteiger partial charge in [0.05, 0.1) is 0 Å².